The Morgan fingerprint density at radius 3 is 2.87 bits per heavy atom. The predicted octanol–water partition coefficient (Wildman–Crippen LogP) is 2.30. The Balaban J connectivity index is 2.01. The van der Waals surface area contributed by atoms with Crippen molar-refractivity contribution in [1.82, 2.24) is 4.90 Å². The molecule has 0 bridgehead atoms. The number of hydrogen-bond acceptors (Lipinski definition) is 3. The second kappa shape index (κ2) is 4.06. The lowest BCUT2D eigenvalue weighted by Gasteiger charge is -2.28. The average Bonchev–Trinajstić information content (AvgIpc) is 2.75. The number of carbonyl (C=O) groups excluding carboxylic acids is 1. The lowest BCUT2D eigenvalue weighted by molar-refractivity contribution is -0.116. The van der Waals surface area contributed by atoms with Crippen molar-refractivity contribution in [1.29, 1.82) is 0 Å². The summed E-state index contributed by atoms with van der Waals surface area (Å²) in [6, 6.07) is 4.28. The SMILES string of the molecule is CC(C)(CN1CCC(=O)C1)c1cccs1. The molecule has 82 valence electrons. The third-order valence-electron chi connectivity index (χ3n) is 2.91. The number of hydrogen-bond donors (Lipinski definition) is 0. The lowest BCUT2D eigenvalue weighted by Crippen LogP contribution is -2.35. The second-order valence-corrected chi connectivity index (χ2v) is 5.81. The summed E-state index contributed by atoms with van der Waals surface area (Å²) in [6.07, 6.45) is 0.737. The second-order valence-electron chi connectivity index (χ2n) is 4.86. The first kappa shape index (κ1) is 10.8. The predicted molar refractivity (Wildman–Crippen MR) is 63.4 cm³/mol. The van der Waals surface area contributed by atoms with E-state index in [1.165, 1.54) is 4.88 Å². The van der Waals surface area contributed by atoms with Crippen molar-refractivity contribution < 1.29 is 4.79 Å². The van der Waals surface area contributed by atoms with Gasteiger partial charge in [-0.2, -0.15) is 0 Å². The van der Waals surface area contributed by atoms with Gasteiger partial charge < -0.3 is 0 Å². The van der Waals surface area contributed by atoms with Gasteiger partial charge in [0.05, 0.1) is 6.54 Å². The molecule has 3 heteroatoms. The van der Waals surface area contributed by atoms with Crippen molar-refractivity contribution in [2.75, 3.05) is 19.6 Å². The fourth-order valence-electron chi connectivity index (χ4n) is 2.13. The summed E-state index contributed by atoms with van der Waals surface area (Å²) >= 11 is 1.80. The minimum absolute atomic E-state index is 0.165. The monoisotopic (exact) mass is 223 g/mol. The summed E-state index contributed by atoms with van der Waals surface area (Å²) in [4.78, 5) is 14.9. The highest BCUT2D eigenvalue weighted by Crippen LogP contribution is 2.29. The topological polar surface area (TPSA) is 20.3 Å². The van der Waals surface area contributed by atoms with Gasteiger partial charge in [0.2, 0.25) is 0 Å². The largest absolute Gasteiger partial charge is 0.298 e. The van der Waals surface area contributed by atoms with Gasteiger partial charge >= 0.3 is 0 Å². The Morgan fingerprint density at radius 2 is 2.33 bits per heavy atom. The molecule has 0 radical (unpaired) electrons. The molecule has 2 heterocycles. The third kappa shape index (κ3) is 2.47. The molecule has 2 nitrogen and oxygen atoms in total. The molecule has 2 rings (SSSR count). The minimum Gasteiger partial charge on any atom is -0.298 e. The van der Waals surface area contributed by atoms with Gasteiger partial charge in [-0.25, -0.2) is 0 Å². The first-order valence-corrected chi connectivity index (χ1v) is 6.24. The molecule has 15 heavy (non-hydrogen) atoms. The molecule has 1 aromatic rings. The van der Waals surface area contributed by atoms with Crippen LogP contribution in [0.25, 0.3) is 0 Å². The normalized spacial score (nSPS) is 18.7. The molecule has 0 aromatic carbocycles. The molecule has 0 unspecified atom stereocenters. The smallest absolute Gasteiger partial charge is 0.148 e. The van der Waals surface area contributed by atoms with E-state index < -0.39 is 0 Å². The average molecular weight is 223 g/mol. The van der Waals surface area contributed by atoms with Crippen molar-refractivity contribution in [3.05, 3.63) is 22.4 Å². The summed E-state index contributed by atoms with van der Waals surface area (Å²) in [6.45, 7) is 7.07. The van der Waals surface area contributed by atoms with E-state index in [0.717, 1.165) is 19.5 Å². The van der Waals surface area contributed by atoms with Gasteiger partial charge in [0.25, 0.3) is 0 Å². The van der Waals surface area contributed by atoms with Crippen LogP contribution in [-0.2, 0) is 10.2 Å². The van der Waals surface area contributed by atoms with Crippen molar-refractivity contribution in [3.8, 4) is 0 Å². The van der Waals surface area contributed by atoms with E-state index in [2.05, 4.69) is 36.3 Å². The number of Topliss-reactive ketones (excluding diaryl/α,β-unsaturated/α-hetero) is 1. The maximum atomic E-state index is 11.2. The van der Waals surface area contributed by atoms with E-state index in [0.29, 0.717) is 12.3 Å². The molecule has 0 N–H and O–H groups in total. The van der Waals surface area contributed by atoms with E-state index in [-0.39, 0.29) is 5.41 Å². The Bertz CT molecular complexity index is 343. The standard InChI is InChI=1S/C12H17NOS/c1-12(2,11-4-3-7-15-11)9-13-6-5-10(14)8-13/h3-4,7H,5-6,8-9H2,1-2H3. The van der Waals surface area contributed by atoms with Crippen LogP contribution >= 0.6 is 11.3 Å². The molecular formula is C12H17NOS. The molecule has 1 saturated heterocycles. The Labute approximate surface area is 94.9 Å². The van der Waals surface area contributed by atoms with Gasteiger partial charge in [-0.1, -0.05) is 19.9 Å². The Kier molecular flexibility index (Phi) is 2.94. The Hall–Kier alpha value is -0.670. The highest BCUT2D eigenvalue weighted by atomic mass is 32.1. The number of thiophene rings is 1. The zero-order chi connectivity index (χ0) is 10.9. The summed E-state index contributed by atoms with van der Waals surface area (Å²) in [5.74, 6) is 0.386. The minimum atomic E-state index is 0.165. The van der Waals surface area contributed by atoms with Gasteiger partial charge in [0.15, 0.2) is 0 Å². The quantitative estimate of drug-likeness (QED) is 0.783. The molecule has 0 spiro atoms. The van der Waals surface area contributed by atoms with Crippen LogP contribution in [0, 0.1) is 0 Å². The van der Waals surface area contributed by atoms with Crippen LogP contribution in [-0.4, -0.2) is 30.3 Å². The van der Waals surface area contributed by atoms with E-state index in [9.17, 15) is 4.79 Å². The molecule has 1 aromatic heterocycles. The molecule has 1 fully saturated rings. The first-order valence-electron chi connectivity index (χ1n) is 5.36. The third-order valence-corrected chi connectivity index (χ3v) is 4.15. The molecule has 0 saturated carbocycles. The Morgan fingerprint density at radius 1 is 1.53 bits per heavy atom. The van der Waals surface area contributed by atoms with Gasteiger partial charge in [0.1, 0.15) is 5.78 Å². The fourth-order valence-corrected chi connectivity index (χ4v) is 2.97. The molecule has 0 atom stereocenters. The highest BCUT2D eigenvalue weighted by molar-refractivity contribution is 7.10. The number of nitrogens with zero attached hydrogens (tertiary/aromatic N) is 1. The maximum absolute atomic E-state index is 11.2. The lowest BCUT2D eigenvalue weighted by atomic mass is 9.91. The van der Waals surface area contributed by atoms with Crippen LogP contribution in [0.3, 0.4) is 0 Å². The summed E-state index contributed by atoms with van der Waals surface area (Å²) < 4.78 is 0. The van der Waals surface area contributed by atoms with E-state index >= 15 is 0 Å². The molecule has 1 aliphatic heterocycles. The maximum Gasteiger partial charge on any atom is 0.148 e. The van der Waals surface area contributed by atoms with Crippen LogP contribution in [0.5, 0.6) is 0 Å². The fraction of sp³-hybridized carbons (Fsp3) is 0.583. The van der Waals surface area contributed by atoms with Crippen LogP contribution in [0.15, 0.2) is 17.5 Å². The van der Waals surface area contributed by atoms with Gasteiger partial charge in [-0.05, 0) is 11.4 Å². The van der Waals surface area contributed by atoms with Gasteiger partial charge in [-0.3, -0.25) is 9.69 Å². The van der Waals surface area contributed by atoms with E-state index in [1.54, 1.807) is 11.3 Å². The van der Waals surface area contributed by atoms with Crippen LogP contribution in [0.2, 0.25) is 0 Å². The summed E-state index contributed by atoms with van der Waals surface area (Å²) in [5.41, 5.74) is 0.165. The number of carbonyl (C=O) groups is 1. The van der Waals surface area contributed by atoms with Crippen molar-refractivity contribution in [2.24, 2.45) is 0 Å². The highest BCUT2D eigenvalue weighted by Gasteiger charge is 2.28. The number of rotatable bonds is 3. The van der Waals surface area contributed by atoms with E-state index in [1.807, 2.05) is 0 Å². The summed E-state index contributed by atoms with van der Waals surface area (Å²) in [5, 5.41) is 2.12. The number of likely N-dealkylation sites (tertiary alicyclic amines) is 1. The van der Waals surface area contributed by atoms with Crippen LogP contribution in [0.4, 0.5) is 0 Å². The first-order chi connectivity index (χ1) is 7.08. The molecule has 1 aliphatic rings. The van der Waals surface area contributed by atoms with Crippen LogP contribution in [0.1, 0.15) is 25.1 Å². The van der Waals surface area contributed by atoms with Gasteiger partial charge in [0, 0.05) is 29.8 Å². The zero-order valence-electron chi connectivity index (χ0n) is 9.32. The molecule has 0 amide bonds. The van der Waals surface area contributed by atoms with Gasteiger partial charge in [-0.15, -0.1) is 11.3 Å². The van der Waals surface area contributed by atoms with Crippen molar-refractivity contribution in [2.45, 2.75) is 25.7 Å². The molecule has 0 aliphatic carbocycles. The summed E-state index contributed by atoms with van der Waals surface area (Å²) in [7, 11) is 0. The van der Waals surface area contributed by atoms with E-state index in [4.69, 9.17) is 0 Å². The zero-order valence-corrected chi connectivity index (χ0v) is 10.1. The van der Waals surface area contributed by atoms with Crippen LogP contribution < -0.4 is 0 Å². The number of ketones is 1. The molecular weight excluding hydrogens is 206 g/mol. The van der Waals surface area contributed by atoms with Crippen molar-refractivity contribution in [3.63, 3.8) is 0 Å². The van der Waals surface area contributed by atoms with Crippen molar-refractivity contribution >= 4 is 17.1 Å².